The summed E-state index contributed by atoms with van der Waals surface area (Å²) >= 11 is 0. The monoisotopic (exact) mass is 453 g/mol. The second-order valence-electron chi connectivity index (χ2n) is 7.43. The average molecular weight is 453 g/mol. The van der Waals surface area contributed by atoms with Crippen LogP contribution in [-0.2, 0) is 9.59 Å². The number of amides is 3. The number of likely N-dealkylation sites (N-methyl/N-ethyl adjacent to an activating group) is 2. The van der Waals surface area contributed by atoms with Gasteiger partial charge in [0.15, 0.2) is 5.54 Å². The first-order valence-corrected chi connectivity index (χ1v) is 10.1. The molecule has 0 aliphatic heterocycles. The number of aliphatic hydroxyl groups is 2. The number of hydroxylamine groups is 1. The maximum Gasteiger partial charge on any atom is 0.278 e. The molecule has 0 saturated carbocycles. The van der Waals surface area contributed by atoms with E-state index in [2.05, 4.69) is 17.2 Å². The first kappa shape index (κ1) is 25.5. The maximum atomic E-state index is 12.9. The van der Waals surface area contributed by atoms with Crippen LogP contribution in [0.25, 0.3) is 0 Å². The minimum Gasteiger partial charge on any atom is -0.396 e. The normalized spacial score (nSPS) is 13.0. The molecule has 2 rings (SSSR count). The molecule has 0 bridgehead atoms. The van der Waals surface area contributed by atoms with Crippen LogP contribution < -0.4 is 10.8 Å². The number of carbonyl (C=O) groups excluding carboxylic acids is 3. The van der Waals surface area contributed by atoms with Gasteiger partial charge in [0.05, 0.1) is 6.10 Å². The minimum atomic E-state index is -1.96. The molecule has 2 unspecified atom stereocenters. The van der Waals surface area contributed by atoms with Crippen molar-refractivity contribution in [3.8, 4) is 11.8 Å². The van der Waals surface area contributed by atoms with E-state index in [4.69, 9.17) is 10.3 Å². The quantitative estimate of drug-likeness (QED) is 0.180. The summed E-state index contributed by atoms with van der Waals surface area (Å²) in [4.78, 5) is 38.2. The molecule has 2 atom stereocenters. The maximum absolute atomic E-state index is 12.9. The van der Waals surface area contributed by atoms with Gasteiger partial charge in [0.2, 0.25) is 0 Å². The van der Waals surface area contributed by atoms with E-state index in [1.54, 1.807) is 36.4 Å². The fourth-order valence-corrected chi connectivity index (χ4v) is 3.07. The Morgan fingerprint density at radius 3 is 1.97 bits per heavy atom. The van der Waals surface area contributed by atoms with Crippen LogP contribution in [0.2, 0.25) is 0 Å². The molecule has 9 nitrogen and oxygen atoms in total. The number of hydrogen-bond acceptors (Lipinski definition) is 6. The smallest absolute Gasteiger partial charge is 0.278 e. The average Bonchev–Trinajstić information content (AvgIpc) is 2.85. The van der Waals surface area contributed by atoms with E-state index < -0.39 is 29.4 Å². The lowest BCUT2D eigenvalue weighted by Gasteiger charge is -2.34. The topological polar surface area (TPSA) is 139 Å². The van der Waals surface area contributed by atoms with E-state index in [1.165, 1.54) is 38.6 Å². The summed E-state index contributed by atoms with van der Waals surface area (Å²) < 4.78 is 0. The van der Waals surface area contributed by atoms with Crippen molar-refractivity contribution in [2.75, 3.05) is 20.7 Å². The highest BCUT2D eigenvalue weighted by Gasteiger charge is 2.47. The summed E-state index contributed by atoms with van der Waals surface area (Å²) in [6.07, 6.45) is -0.466. The van der Waals surface area contributed by atoms with Crippen molar-refractivity contribution in [3.05, 3.63) is 70.8 Å². The highest BCUT2D eigenvalue weighted by molar-refractivity contribution is 6.12. The molecule has 9 heteroatoms. The van der Waals surface area contributed by atoms with Crippen molar-refractivity contribution in [3.63, 3.8) is 0 Å². The van der Waals surface area contributed by atoms with E-state index in [0.29, 0.717) is 11.1 Å². The van der Waals surface area contributed by atoms with E-state index in [9.17, 15) is 19.5 Å². The van der Waals surface area contributed by atoms with Gasteiger partial charge in [-0.05, 0) is 48.9 Å². The van der Waals surface area contributed by atoms with E-state index in [-0.39, 0.29) is 18.6 Å². The van der Waals surface area contributed by atoms with Crippen LogP contribution in [0.1, 0.15) is 46.5 Å². The molecule has 0 heterocycles. The summed E-state index contributed by atoms with van der Waals surface area (Å²) in [5.74, 6) is 3.56. The van der Waals surface area contributed by atoms with Gasteiger partial charge in [-0.1, -0.05) is 24.0 Å². The number of aliphatic hydroxyl groups excluding tert-OH is 2. The van der Waals surface area contributed by atoms with E-state index in [0.717, 1.165) is 10.5 Å². The zero-order chi connectivity index (χ0) is 24.6. The lowest BCUT2D eigenvalue weighted by atomic mass is 9.96. The third-order valence-electron chi connectivity index (χ3n) is 5.37. The van der Waals surface area contributed by atoms with E-state index >= 15 is 0 Å². The number of carbonyl (C=O) groups is 3. The third-order valence-corrected chi connectivity index (χ3v) is 5.37. The number of benzene rings is 2. The predicted molar refractivity (Wildman–Crippen MR) is 120 cm³/mol. The third kappa shape index (κ3) is 5.75. The zero-order valence-corrected chi connectivity index (χ0v) is 18.6. The lowest BCUT2D eigenvalue weighted by Crippen LogP contribution is -2.64. The van der Waals surface area contributed by atoms with Gasteiger partial charge in [-0.2, -0.15) is 0 Å². The van der Waals surface area contributed by atoms with Gasteiger partial charge < -0.3 is 20.4 Å². The molecule has 0 fully saturated rings. The Morgan fingerprint density at radius 2 is 1.52 bits per heavy atom. The number of nitrogens with one attached hydrogen (secondary N) is 2. The molecule has 0 aromatic heterocycles. The molecule has 0 radical (unpaired) electrons. The van der Waals surface area contributed by atoms with Crippen LogP contribution in [0.5, 0.6) is 0 Å². The van der Waals surface area contributed by atoms with Crippen LogP contribution >= 0.6 is 0 Å². The second-order valence-corrected chi connectivity index (χ2v) is 7.43. The van der Waals surface area contributed by atoms with Gasteiger partial charge >= 0.3 is 0 Å². The van der Waals surface area contributed by atoms with Crippen molar-refractivity contribution >= 4 is 17.7 Å². The van der Waals surface area contributed by atoms with Gasteiger partial charge in [-0.3, -0.25) is 19.6 Å². The van der Waals surface area contributed by atoms with Crippen LogP contribution in [-0.4, -0.2) is 64.3 Å². The van der Waals surface area contributed by atoms with Gasteiger partial charge in [-0.25, -0.2) is 5.48 Å². The van der Waals surface area contributed by atoms with Crippen molar-refractivity contribution in [2.24, 2.45) is 0 Å². The molecule has 2 aromatic carbocycles. The first-order chi connectivity index (χ1) is 15.7. The van der Waals surface area contributed by atoms with Crippen LogP contribution in [0.15, 0.2) is 48.5 Å². The Morgan fingerprint density at radius 1 is 1.00 bits per heavy atom. The second kappa shape index (κ2) is 11.2. The number of nitrogens with zero attached hydrogens (tertiary/aromatic N) is 1. The summed E-state index contributed by atoms with van der Waals surface area (Å²) in [5, 5.41) is 30.1. The standard InChI is InChI=1S/C24H27N3O6/c1-24(22(31)25-2,23(32)26-33)27(3)21(30)19-12-8-17(9-13-19)5-4-16-6-10-18(11-7-16)20(29)14-15-28/h6-13,20,28-29,33H,14-15H2,1-3H3,(H,25,31)(H,26,32). The largest absolute Gasteiger partial charge is 0.396 e. The molecule has 5 N–H and O–H groups in total. The Kier molecular flexibility index (Phi) is 8.70. The Bertz CT molecular complexity index is 1040. The molecular weight excluding hydrogens is 426 g/mol. The Hall–Kier alpha value is -3.71. The summed E-state index contributed by atoms with van der Waals surface area (Å²) in [5.41, 5.74) is 1.76. The molecule has 0 saturated heterocycles. The van der Waals surface area contributed by atoms with Gasteiger partial charge in [0, 0.05) is 43.8 Å². The molecule has 174 valence electrons. The fourth-order valence-electron chi connectivity index (χ4n) is 3.07. The highest BCUT2D eigenvalue weighted by Crippen LogP contribution is 2.19. The predicted octanol–water partition coefficient (Wildman–Crippen LogP) is 0.584. The van der Waals surface area contributed by atoms with Crippen LogP contribution in [0, 0.1) is 11.8 Å². The molecule has 0 spiro atoms. The summed E-state index contributed by atoms with van der Waals surface area (Å²) in [7, 11) is 2.61. The van der Waals surface area contributed by atoms with Gasteiger partial charge in [-0.15, -0.1) is 0 Å². The Balaban J connectivity index is 2.18. The number of hydrogen-bond donors (Lipinski definition) is 5. The van der Waals surface area contributed by atoms with Crippen molar-refractivity contribution in [1.29, 1.82) is 0 Å². The van der Waals surface area contributed by atoms with Gasteiger partial charge in [0.1, 0.15) is 0 Å². The SMILES string of the molecule is CNC(=O)C(C)(C(=O)NO)N(C)C(=O)c1ccc(C#Cc2ccc(C(O)CCO)cc2)cc1. The minimum absolute atomic E-state index is 0.101. The lowest BCUT2D eigenvalue weighted by molar-refractivity contribution is -0.148. The molecule has 3 amide bonds. The van der Waals surface area contributed by atoms with Gasteiger partial charge in [0.25, 0.3) is 17.7 Å². The summed E-state index contributed by atoms with van der Waals surface area (Å²) in [6.45, 7) is 1.12. The molecule has 0 aliphatic carbocycles. The zero-order valence-electron chi connectivity index (χ0n) is 18.6. The van der Waals surface area contributed by atoms with Crippen molar-refractivity contribution < 1.29 is 29.8 Å². The molecular formula is C24H27N3O6. The first-order valence-electron chi connectivity index (χ1n) is 10.1. The summed E-state index contributed by atoms with van der Waals surface area (Å²) in [6, 6.07) is 13.3. The number of rotatable bonds is 7. The Labute approximate surface area is 192 Å². The van der Waals surface area contributed by atoms with Crippen molar-refractivity contribution in [1.82, 2.24) is 15.7 Å². The molecule has 33 heavy (non-hydrogen) atoms. The fraction of sp³-hybridized carbons (Fsp3) is 0.292. The van der Waals surface area contributed by atoms with Crippen LogP contribution in [0.4, 0.5) is 0 Å². The molecule has 2 aromatic rings. The van der Waals surface area contributed by atoms with Crippen molar-refractivity contribution in [2.45, 2.75) is 25.0 Å². The van der Waals surface area contributed by atoms with E-state index in [1.807, 2.05) is 0 Å². The highest BCUT2D eigenvalue weighted by atomic mass is 16.5. The molecule has 0 aliphatic rings. The van der Waals surface area contributed by atoms with Crippen LogP contribution in [0.3, 0.4) is 0 Å².